The standard InChI is InChI=1S/C15H13BrN2O/c1-10(19)15-14(11-5-7-12(16)8-6-11)17-13-4-2-3-9-18(13)15/h2-10,19H,1H3. The molecule has 0 saturated heterocycles. The van der Waals surface area contributed by atoms with Gasteiger partial charge in [-0.15, -0.1) is 0 Å². The van der Waals surface area contributed by atoms with E-state index in [0.717, 1.165) is 27.1 Å². The van der Waals surface area contributed by atoms with Gasteiger partial charge >= 0.3 is 0 Å². The molecule has 0 fully saturated rings. The molecule has 3 nitrogen and oxygen atoms in total. The summed E-state index contributed by atoms with van der Waals surface area (Å²) < 4.78 is 2.96. The number of nitrogens with zero attached hydrogens (tertiary/aromatic N) is 2. The Balaban J connectivity index is 2.28. The number of aliphatic hydroxyl groups excluding tert-OH is 1. The molecule has 0 radical (unpaired) electrons. The molecular weight excluding hydrogens is 304 g/mol. The van der Waals surface area contributed by atoms with Crippen molar-refractivity contribution in [1.82, 2.24) is 9.38 Å². The van der Waals surface area contributed by atoms with Crippen LogP contribution in [0.25, 0.3) is 16.9 Å². The lowest BCUT2D eigenvalue weighted by Crippen LogP contribution is -1.99. The molecule has 0 bridgehead atoms. The molecule has 0 aliphatic rings. The second-order valence-corrected chi connectivity index (χ2v) is 5.37. The molecule has 1 N–H and O–H groups in total. The number of aromatic nitrogens is 2. The minimum absolute atomic E-state index is 0.573. The molecule has 3 aromatic rings. The average molecular weight is 317 g/mol. The van der Waals surface area contributed by atoms with Crippen LogP contribution in [-0.2, 0) is 0 Å². The highest BCUT2D eigenvalue weighted by molar-refractivity contribution is 9.10. The number of hydrogen-bond donors (Lipinski definition) is 1. The van der Waals surface area contributed by atoms with Crippen LogP contribution in [0.1, 0.15) is 18.7 Å². The van der Waals surface area contributed by atoms with E-state index in [2.05, 4.69) is 20.9 Å². The van der Waals surface area contributed by atoms with E-state index in [1.165, 1.54) is 0 Å². The Morgan fingerprint density at radius 1 is 1.16 bits per heavy atom. The Morgan fingerprint density at radius 2 is 1.89 bits per heavy atom. The van der Waals surface area contributed by atoms with Crippen molar-refractivity contribution < 1.29 is 5.11 Å². The van der Waals surface area contributed by atoms with E-state index in [1.54, 1.807) is 6.92 Å². The number of fused-ring (bicyclic) bond motifs is 1. The van der Waals surface area contributed by atoms with Crippen molar-refractivity contribution in [2.75, 3.05) is 0 Å². The summed E-state index contributed by atoms with van der Waals surface area (Å²) in [6.45, 7) is 1.76. The molecule has 0 amide bonds. The van der Waals surface area contributed by atoms with Crippen molar-refractivity contribution in [2.45, 2.75) is 13.0 Å². The summed E-state index contributed by atoms with van der Waals surface area (Å²) in [6.07, 6.45) is 1.35. The normalized spacial score (nSPS) is 12.8. The SMILES string of the molecule is CC(O)c1c(-c2ccc(Br)cc2)nc2ccccn12. The number of pyridine rings is 1. The maximum Gasteiger partial charge on any atom is 0.137 e. The van der Waals surface area contributed by atoms with E-state index in [0.29, 0.717) is 0 Å². The zero-order valence-electron chi connectivity index (χ0n) is 10.4. The number of benzene rings is 1. The molecule has 3 rings (SSSR count). The fourth-order valence-corrected chi connectivity index (χ4v) is 2.50. The van der Waals surface area contributed by atoms with Gasteiger partial charge in [-0.05, 0) is 31.2 Å². The first-order valence-corrected chi connectivity index (χ1v) is 6.87. The van der Waals surface area contributed by atoms with E-state index in [9.17, 15) is 5.11 Å². The highest BCUT2D eigenvalue weighted by Crippen LogP contribution is 2.29. The number of hydrogen-bond acceptors (Lipinski definition) is 2. The third-order valence-corrected chi connectivity index (χ3v) is 3.61. The van der Waals surface area contributed by atoms with Gasteiger partial charge in [-0.2, -0.15) is 0 Å². The van der Waals surface area contributed by atoms with Gasteiger partial charge in [0.25, 0.3) is 0 Å². The van der Waals surface area contributed by atoms with Crippen LogP contribution in [-0.4, -0.2) is 14.5 Å². The van der Waals surface area contributed by atoms with Crippen LogP contribution in [0.15, 0.2) is 53.1 Å². The Labute approximate surface area is 119 Å². The fraction of sp³-hybridized carbons (Fsp3) is 0.133. The molecule has 0 aliphatic heterocycles. The maximum absolute atomic E-state index is 10.0. The lowest BCUT2D eigenvalue weighted by molar-refractivity contribution is 0.194. The van der Waals surface area contributed by atoms with E-state index in [1.807, 2.05) is 53.1 Å². The molecule has 0 aliphatic carbocycles. The van der Waals surface area contributed by atoms with Crippen LogP contribution < -0.4 is 0 Å². The first kappa shape index (κ1) is 12.4. The Kier molecular flexibility index (Phi) is 3.12. The number of imidazole rings is 1. The van der Waals surface area contributed by atoms with E-state index in [-0.39, 0.29) is 0 Å². The van der Waals surface area contributed by atoms with Gasteiger partial charge in [0, 0.05) is 16.2 Å². The first-order chi connectivity index (χ1) is 9.16. The van der Waals surface area contributed by atoms with Gasteiger partial charge in [-0.1, -0.05) is 34.1 Å². The molecule has 2 aromatic heterocycles. The Morgan fingerprint density at radius 3 is 2.58 bits per heavy atom. The molecule has 19 heavy (non-hydrogen) atoms. The lowest BCUT2D eigenvalue weighted by atomic mass is 10.1. The second-order valence-electron chi connectivity index (χ2n) is 4.46. The molecular formula is C15H13BrN2O. The third-order valence-electron chi connectivity index (χ3n) is 3.08. The molecule has 1 aromatic carbocycles. The predicted octanol–water partition coefficient (Wildman–Crippen LogP) is 3.82. The minimum atomic E-state index is -0.573. The number of halogens is 1. The van der Waals surface area contributed by atoms with Crippen molar-refractivity contribution in [1.29, 1.82) is 0 Å². The smallest absolute Gasteiger partial charge is 0.137 e. The quantitative estimate of drug-likeness (QED) is 0.780. The van der Waals surface area contributed by atoms with Crippen molar-refractivity contribution in [3.05, 3.63) is 58.8 Å². The summed E-state index contributed by atoms with van der Waals surface area (Å²) in [7, 11) is 0. The molecule has 0 spiro atoms. The van der Waals surface area contributed by atoms with Gasteiger partial charge in [-0.3, -0.25) is 0 Å². The van der Waals surface area contributed by atoms with Crippen LogP contribution in [0, 0.1) is 0 Å². The third kappa shape index (κ3) is 2.17. The van der Waals surface area contributed by atoms with Crippen molar-refractivity contribution in [2.24, 2.45) is 0 Å². The minimum Gasteiger partial charge on any atom is -0.387 e. The van der Waals surface area contributed by atoms with Crippen molar-refractivity contribution >= 4 is 21.6 Å². The van der Waals surface area contributed by atoms with Gasteiger partial charge in [0.05, 0.1) is 17.5 Å². The Bertz CT molecular complexity index is 717. The average Bonchev–Trinajstić information content (AvgIpc) is 2.78. The van der Waals surface area contributed by atoms with E-state index in [4.69, 9.17) is 0 Å². The summed E-state index contributed by atoms with van der Waals surface area (Å²) in [5.74, 6) is 0. The van der Waals surface area contributed by atoms with Gasteiger partial charge < -0.3 is 9.51 Å². The van der Waals surface area contributed by atoms with Crippen LogP contribution in [0.5, 0.6) is 0 Å². The molecule has 4 heteroatoms. The van der Waals surface area contributed by atoms with Crippen LogP contribution in [0.2, 0.25) is 0 Å². The second kappa shape index (κ2) is 4.79. The number of rotatable bonds is 2. The highest BCUT2D eigenvalue weighted by Gasteiger charge is 2.17. The van der Waals surface area contributed by atoms with E-state index >= 15 is 0 Å². The summed E-state index contributed by atoms with van der Waals surface area (Å²) in [4.78, 5) is 4.62. The molecule has 96 valence electrons. The van der Waals surface area contributed by atoms with Crippen molar-refractivity contribution in [3.8, 4) is 11.3 Å². The molecule has 0 saturated carbocycles. The van der Waals surface area contributed by atoms with Crippen LogP contribution in [0.4, 0.5) is 0 Å². The summed E-state index contributed by atoms with van der Waals surface area (Å²) in [5.41, 5.74) is 3.49. The molecule has 1 unspecified atom stereocenters. The van der Waals surface area contributed by atoms with Gasteiger partial charge in [0.2, 0.25) is 0 Å². The van der Waals surface area contributed by atoms with Crippen LogP contribution >= 0.6 is 15.9 Å². The Hall–Kier alpha value is -1.65. The summed E-state index contributed by atoms with van der Waals surface area (Å²) in [5, 5.41) is 10.0. The maximum atomic E-state index is 10.0. The molecule has 2 heterocycles. The van der Waals surface area contributed by atoms with Gasteiger partial charge in [0.1, 0.15) is 5.65 Å². The fourth-order valence-electron chi connectivity index (χ4n) is 2.23. The number of aliphatic hydroxyl groups is 1. The zero-order valence-corrected chi connectivity index (χ0v) is 12.0. The summed E-state index contributed by atoms with van der Waals surface area (Å²) in [6, 6.07) is 13.8. The van der Waals surface area contributed by atoms with Gasteiger partial charge in [-0.25, -0.2) is 4.98 Å². The predicted molar refractivity (Wildman–Crippen MR) is 79.0 cm³/mol. The topological polar surface area (TPSA) is 37.5 Å². The highest BCUT2D eigenvalue weighted by atomic mass is 79.9. The first-order valence-electron chi connectivity index (χ1n) is 6.08. The molecule has 1 atom stereocenters. The monoisotopic (exact) mass is 316 g/mol. The van der Waals surface area contributed by atoms with Gasteiger partial charge in [0.15, 0.2) is 0 Å². The lowest BCUT2D eigenvalue weighted by Gasteiger charge is -2.07. The largest absolute Gasteiger partial charge is 0.387 e. The van der Waals surface area contributed by atoms with Crippen molar-refractivity contribution in [3.63, 3.8) is 0 Å². The van der Waals surface area contributed by atoms with E-state index < -0.39 is 6.10 Å². The zero-order chi connectivity index (χ0) is 13.4. The summed E-state index contributed by atoms with van der Waals surface area (Å²) >= 11 is 3.43. The van der Waals surface area contributed by atoms with Crippen LogP contribution in [0.3, 0.4) is 0 Å².